The molecule has 0 aromatic carbocycles. The number of aromatic nitrogens is 4. The number of hydrogen-bond acceptors (Lipinski definition) is 5. The minimum Gasteiger partial charge on any atom is -0.319 e. The van der Waals surface area contributed by atoms with Crippen LogP contribution in [0.4, 0.5) is 5.95 Å². The molecule has 0 aliphatic carbocycles. The van der Waals surface area contributed by atoms with Gasteiger partial charge in [0.05, 0.1) is 6.04 Å². The van der Waals surface area contributed by atoms with Crippen molar-refractivity contribution in [1.82, 2.24) is 20.6 Å². The summed E-state index contributed by atoms with van der Waals surface area (Å²) in [5.41, 5.74) is 5.40. The van der Waals surface area contributed by atoms with Gasteiger partial charge in [-0.3, -0.25) is 10.1 Å². The summed E-state index contributed by atoms with van der Waals surface area (Å²) in [6.45, 7) is 0. The topological polar surface area (TPSA) is 110 Å². The van der Waals surface area contributed by atoms with Crippen molar-refractivity contribution in [3.63, 3.8) is 0 Å². The van der Waals surface area contributed by atoms with Gasteiger partial charge in [-0.15, -0.1) is 17.4 Å². The van der Waals surface area contributed by atoms with E-state index in [0.29, 0.717) is 0 Å². The highest BCUT2D eigenvalue weighted by atomic mass is 16.2. The van der Waals surface area contributed by atoms with Gasteiger partial charge < -0.3 is 5.73 Å². The van der Waals surface area contributed by atoms with E-state index in [9.17, 15) is 4.79 Å². The van der Waals surface area contributed by atoms with Crippen LogP contribution in [0, 0.1) is 12.3 Å². The monoisotopic (exact) mass is 180 g/mol. The Morgan fingerprint density at radius 3 is 3.15 bits per heavy atom. The maximum Gasteiger partial charge on any atom is 0.269 e. The minimum absolute atomic E-state index is 0.0810. The van der Waals surface area contributed by atoms with Crippen LogP contribution < -0.4 is 11.1 Å². The number of hydrogen-bond donors (Lipinski definition) is 3. The van der Waals surface area contributed by atoms with E-state index in [1.54, 1.807) is 0 Å². The third-order valence-corrected chi connectivity index (χ3v) is 1.25. The first-order valence-corrected chi connectivity index (χ1v) is 3.47. The summed E-state index contributed by atoms with van der Waals surface area (Å²) >= 11 is 0. The van der Waals surface area contributed by atoms with E-state index in [4.69, 9.17) is 12.2 Å². The summed E-state index contributed by atoms with van der Waals surface area (Å²) in [7, 11) is 0. The highest BCUT2D eigenvalue weighted by molar-refractivity contribution is 5.93. The number of carbonyl (C=O) groups is 1. The van der Waals surface area contributed by atoms with Crippen molar-refractivity contribution in [3.8, 4) is 12.3 Å². The number of amides is 1. The van der Waals surface area contributed by atoms with E-state index >= 15 is 0 Å². The first-order chi connectivity index (χ1) is 6.24. The van der Waals surface area contributed by atoms with Gasteiger partial charge >= 0.3 is 0 Å². The molecule has 1 aromatic heterocycles. The van der Waals surface area contributed by atoms with E-state index in [1.807, 2.05) is 0 Å². The molecule has 7 nitrogen and oxygen atoms in total. The molecular weight excluding hydrogens is 172 g/mol. The van der Waals surface area contributed by atoms with Gasteiger partial charge in [-0.1, -0.05) is 5.10 Å². The SMILES string of the molecule is C#CCC(N)C(=O)Nc1nn[nH]n1. The van der Waals surface area contributed by atoms with E-state index < -0.39 is 11.9 Å². The van der Waals surface area contributed by atoms with Crippen LogP contribution in [0.1, 0.15) is 6.42 Å². The zero-order chi connectivity index (χ0) is 9.68. The van der Waals surface area contributed by atoms with Crippen molar-refractivity contribution in [2.24, 2.45) is 5.73 Å². The summed E-state index contributed by atoms with van der Waals surface area (Å²) < 4.78 is 0. The fraction of sp³-hybridized carbons (Fsp3) is 0.333. The zero-order valence-corrected chi connectivity index (χ0v) is 6.69. The van der Waals surface area contributed by atoms with Crippen LogP contribution in [0.2, 0.25) is 0 Å². The van der Waals surface area contributed by atoms with Gasteiger partial charge in [-0.25, -0.2) is 0 Å². The molecule has 13 heavy (non-hydrogen) atoms. The molecule has 0 bridgehead atoms. The predicted molar refractivity (Wildman–Crippen MR) is 44.2 cm³/mol. The first-order valence-electron chi connectivity index (χ1n) is 3.47. The van der Waals surface area contributed by atoms with Crippen LogP contribution in [0.5, 0.6) is 0 Å². The quantitative estimate of drug-likeness (QED) is 0.490. The Morgan fingerprint density at radius 1 is 1.85 bits per heavy atom. The number of anilines is 1. The van der Waals surface area contributed by atoms with Crippen LogP contribution in [-0.2, 0) is 4.79 Å². The van der Waals surface area contributed by atoms with Crippen LogP contribution in [-0.4, -0.2) is 32.6 Å². The number of nitrogens with two attached hydrogens (primary N) is 1. The molecule has 1 aromatic rings. The minimum atomic E-state index is -0.747. The second-order valence-corrected chi connectivity index (χ2v) is 2.24. The van der Waals surface area contributed by atoms with E-state index in [-0.39, 0.29) is 12.4 Å². The van der Waals surface area contributed by atoms with Gasteiger partial charge in [0.1, 0.15) is 0 Å². The number of tetrazole rings is 1. The molecule has 0 fully saturated rings. The second kappa shape index (κ2) is 4.18. The van der Waals surface area contributed by atoms with Gasteiger partial charge in [0.25, 0.3) is 5.95 Å². The third kappa shape index (κ3) is 2.53. The number of nitrogens with one attached hydrogen (secondary N) is 2. The maximum atomic E-state index is 11.1. The molecule has 0 radical (unpaired) electrons. The fourth-order valence-electron chi connectivity index (χ4n) is 0.637. The Morgan fingerprint density at radius 2 is 2.62 bits per heavy atom. The normalized spacial score (nSPS) is 11.7. The smallest absolute Gasteiger partial charge is 0.269 e. The lowest BCUT2D eigenvalue weighted by Crippen LogP contribution is -2.35. The molecule has 0 aliphatic heterocycles. The Labute approximate surface area is 74.1 Å². The van der Waals surface area contributed by atoms with Gasteiger partial charge in [0.2, 0.25) is 5.91 Å². The van der Waals surface area contributed by atoms with E-state index in [0.717, 1.165) is 0 Å². The molecule has 0 saturated heterocycles. The lowest BCUT2D eigenvalue weighted by Gasteiger charge is -2.05. The Hall–Kier alpha value is -1.94. The van der Waals surface area contributed by atoms with E-state index in [2.05, 4.69) is 31.9 Å². The standard InChI is InChI=1S/C6H8N6O/c1-2-3-4(7)5(13)8-6-9-11-12-10-6/h1,4H,3,7H2,(H2,8,9,10,11,12,13). The molecule has 1 unspecified atom stereocenters. The van der Waals surface area contributed by atoms with Crippen LogP contribution in [0.3, 0.4) is 0 Å². The van der Waals surface area contributed by atoms with E-state index in [1.165, 1.54) is 0 Å². The molecule has 1 rings (SSSR count). The van der Waals surface area contributed by atoms with Crippen molar-refractivity contribution >= 4 is 11.9 Å². The van der Waals surface area contributed by atoms with Crippen LogP contribution in [0.15, 0.2) is 0 Å². The summed E-state index contributed by atoms with van der Waals surface area (Å²) in [5, 5.41) is 14.8. The van der Waals surface area contributed by atoms with Gasteiger partial charge in [0.15, 0.2) is 0 Å². The predicted octanol–water partition coefficient (Wildman–Crippen LogP) is -1.51. The molecule has 1 heterocycles. The maximum absolute atomic E-state index is 11.1. The Balaban J connectivity index is 2.47. The number of terminal acetylenes is 1. The van der Waals surface area contributed by atoms with Crippen molar-refractivity contribution < 1.29 is 4.79 Å². The zero-order valence-electron chi connectivity index (χ0n) is 6.69. The Bertz CT molecular complexity index is 312. The van der Waals surface area contributed by atoms with Gasteiger partial charge in [-0.2, -0.15) is 5.21 Å². The van der Waals surface area contributed by atoms with Crippen LogP contribution >= 0.6 is 0 Å². The second-order valence-electron chi connectivity index (χ2n) is 2.24. The molecule has 0 saturated carbocycles. The largest absolute Gasteiger partial charge is 0.319 e. The summed E-state index contributed by atoms with van der Waals surface area (Å²) in [6.07, 6.45) is 5.15. The number of H-pyrrole nitrogens is 1. The fourth-order valence-corrected chi connectivity index (χ4v) is 0.637. The van der Waals surface area contributed by atoms with Crippen molar-refractivity contribution in [3.05, 3.63) is 0 Å². The molecule has 4 N–H and O–H groups in total. The lowest BCUT2D eigenvalue weighted by molar-refractivity contribution is -0.117. The highest BCUT2D eigenvalue weighted by Crippen LogP contribution is 1.94. The molecule has 1 amide bonds. The summed E-state index contributed by atoms with van der Waals surface area (Å²) in [5.74, 6) is 1.93. The first kappa shape index (κ1) is 9.15. The van der Waals surface area contributed by atoms with Crippen molar-refractivity contribution in [1.29, 1.82) is 0 Å². The molecule has 1 atom stereocenters. The number of rotatable bonds is 3. The van der Waals surface area contributed by atoms with Crippen LogP contribution in [0.25, 0.3) is 0 Å². The third-order valence-electron chi connectivity index (χ3n) is 1.25. The summed E-state index contributed by atoms with van der Waals surface area (Å²) in [6, 6.07) is -0.747. The average molecular weight is 180 g/mol. The number of carbonyl (C=O) groups excluding carboxylic acids is 1. The number of aromatic amines is 1. The lowest BCUT2D eigenvalue weighted by atomic mass is 10.2. The molecular formula is C6H8N6O. The van der Waals surface area contributed by atoms with Gasteiger partial charge in [0, 0.05) is 6.42 Å². The van der Waals surface area contributed by atoms with Crippen molar-refractivity contribution in [2.75, 3.05) is 5.32 Å². The molecule has 68 valence electrons. The van der Waals surface area contributed by atoms with Gasteiger partial charge in [-0.05, 0) is 5.21 Å². The molecule has 0 aliphatic rings. The molecule has 0 spiro atoms. The number of nitrogens with zero attached hydrogens (tertiary/aromatic N) is 3. The average Bonchev–Trinajstić information content (AvgIpc) is 2.57. The Kier molecular flexibility index (Phi) is 2.94. The van der Waals surface area contributed by atoms with Crippen molar-refractivity contribution in [2.45, 2.75) is 12.5 Å². The highest BCUT2D eigenvalue weighted by Gasteiger charge is 2.13. The summed E-state index contributed by atoms with van der Waals surface area (Å²) in [4.78, 5) is 11.1. The molecule has 7 heteroatoms.